The van der Waals surface area contributed by atoms with Gasteiger partial charge in [0.25, 0.3) is 0 Å². The summed E-state index contributed by atoms with van der Waals surface area (Å²) >= 11 is 0. The number of nitro groups is 1. The largest absolute Gasteiger partial charge is 0.353 e. The molecule has 0 radical (unpaired) electrons. The number of hydrogen-bond donors (Lipinski definition) is 1. The third-order valence-electron chi connectivity index (χ3n) is 1.56. The van der Waals surface area contributed by atoms with Crippen LogP contribution in [-0.2, 0) is 0 Å². The van der Waals surface area contributed by atoms with Crippen LogP contribution in [0.1, 0.15) is 5.56 Å². The first-order chi connectivity index (χ1) is 6.65. The second-order valence-corrected chi connectivity index (χ2v) is 2.70. The Morgan fingerprint density at radius 1 is 1.79 bits per heavy atom. The van der Waals surface area contributed by atoms with Gasteiger partial charge < -0.3 is 5.32 Å². The molecule has 1 N–H and O–H groups in total. The molecule has 0 saturated heterocycles. The average Bonchev–Trinajstić information content (AvgIpc) is 2.15. The molecule has 1 aromatic heterocycles. The van der Waals surface area contributed by atoms with E-state index >= 15 is 0 Å². The van der Waals surface area contributed by atoms with Crippen molar-refractivity contribution in [3.63, 3.8) is 0 Å². The van der Waals surface area contributed by atoms with Gasteiger partial charge in [0.15, 0.2) is 0 Å². The van der Waals surface area contributed by atoms with E-state index in [4.69, 9.17) is 6.42 Å². The molecule has 72 valence electrons. The van der Waals surface area contributed by atoms with Crippen LogP contribution in [0.2, 0.25) is 0 Å². The van der Waals surface area contributed by atoms with Gasteiger partial charge in [-0.05, 0) is 12.5 Å². The van der Waals surface area contributed by atoms with E-state index in [2.05, 4.69) is 16.2 Å². The predicted octanol–water partition coefficient (Wildman–Crippen LogP) is 1.34. The number of anilines is 1. The van der Waals surface area contributed by atoms with Crippen LogP contribution in [0.25, 0.3) is 0 Å². The summed E-state index contributed by atoms with van der Waals surface area (Å²) in [5.74, 6) is 2.53. The highest BCUT2D eigenvalue weighted by molar-refractivity contribution is 5.56. The van der Waals surface area contributed by atoms with Gasteiger partial charge in [0, 0.05) is 12.3 Å². The molecule has 0 spiro atoms. The first-order valence-electron chi connectivity index (χ1n) is 3.93. The summed E-state index contributed by atoms with van der Waals surface area (Å²) in [6, 6.07) is 1.45. The molecule has 1 rings (SSSR count). The zero-order valence-electron chi connectivity index (χ0n) is 7.65. The van der Waals surface area contributed by atoms with Crippen molar-refractivity contribution in [3.8, 4) is 12.3 Å². The first kappa shape index (κ1) is 9.99. The van der Waals surface area contributed by atoms with Crippen molar-refractivity contribution in [2.75, 3.05) is 11.9 Å². The molecule has 0 saturated carbocycles. The molecule has 0 amide bonds. The fraction of sp³-hybridized carbons (Fsp3) is 0.222. The normalized spacial score (nSPS) is 9.14. The number of nitrogens with zero attached hydrogens (tertiary/aromatic N) is 2. The fourth-order valence-electron chi connectivity index (χ4n) is 0.964. The Kier molecular flexibility index (Phi) is 3.02. The number of aromatic nitrogens is 1. The molecule has 5 nitrogen and oxygen atoms in total. The molecule has 1 heterocycles. The Balaban J connectivity index is 3.03. The summed E-state index contributed by atoms with van der Waals surface area (Å²) in [5, 5.41) is 13.3. The van der Waals surface area contributed by atoms with Crippen molar-refractivity contribution in [1.29, 1.82) is 0 Å². The fourth-order valence-corrected chi connectivity index (χ4v) is 0.964. The molecular weight excluding hydrogens is 182 g/mol. The van der Waals surface area contributed by atoms with E-state index in [9.17, 15) is 10.1 Å². The quantitative estimate of drug-likeness (QED) is 0.444. The molecule has 0 fully saturated rings. The number of rotatable bonds is 3. The van der Waals surface area contributed by atoms with Crippen molar-refractivity contribution < 1.29 is 4.92 Å². The van der Waals surface area contributed by atoms with Gasteiger partial charge >= 0.3 is 5.69 Å². The Morgan fingerprint density at radius 3 is 3.07 bits per heavy atom. The smallest absolute Gasteiger partial charge is 0.311 e. The predicted molar refractivity (Wildman–Crippen MR) is 53.0 cm³/mol. The minimum atomic E-state index is -0.487. The highest BCUT2D eigenvalue weighted by Crippen LogP contribution is 2.21. The molecule has 1 aromatic rings. The summed E-state index contributed by atoms with van der Waals surface area (Å²) in [4.78, 5) is 14.0. The van der Waals surface area contributed by atoms with Crippen LogP contribution >= 0.6 is 0 Å². The van der Waals surface area contributed by atoms with Crippen molar-refractivity contribution in [2.24, 2.45) is 0 Å². The maximum absolute atomic E-state index is 10.6. The Hall–Kier alpha value is -2.09. The Labute approximate surface area is 81.3 Å². The third kappa shape index (κ3) is 2.20. The van der Waals surface area contributed by atoms with E-state index in [1.165, 1.54) is 6.07 Å². The monoisotopic (exact) mass is 191 g/mol. The van der Waals surface area contributed by atoms with Gasteiger partial charge in [-0.15, -0.1) is 6.42 Å². The van der Waals surface area contributed by atoms with Gasteiger partial charge in [0.1, 0.15) is 0 Å². The van der Waals surface area contributed by atoms with Gasteiger partial charge in [0.2, 0.25) is 5.82 Å². The van der Waals surface area contributed by atoms with Crippen molar-refractivity contribution in [3.05, 3.63) is 27.9 Å². The first-order valence-corrected chi connectivity index (χ1v) is 3.93. The molecular formula is C9H9N3O2. The summed E-state index contributed by atoms with van der Waals surface area (Å²) in [5.41, 5.74) is 0.684. The third-order valence-corrected chi connectivity index (χ3v) is 1.56. The molecule has 0 atom stereocenters. The van der Waals surface area contributed by atoms with Crippen LogP contribution in [0.4, 0.5) is 11.5 Å². The van der Waals surface area contributed by atoms with Gasteiger partial charge in [0.05, 0.1) is 11.5 Å². The second kappa shape index (κ2) is 4.23. The molecule has 0 unspecified atom stereocenters. The van der Waals surface area contributed by atoms with E-state index in [0.29, 0.717) is 0 Å². The lowest BCUT2D eigenvalue weighted by molar-refractivity contribution is -0.384. The van der Waals surface area contributed by atoms with Crippen molar-refractivity contribution in [2.45, 2.75) is 6.92 Å². The lowest BCUT2D eigenvalue weighted by atomic mass is 10.3. The number of terminal acetylenes is 1. The van der Waals surface area contributed by atoms with Crippen LogP contribution in [0.15, 0.2) is 12.3 Å². The van der Waals surface area contributed by atoms with Crippen molar-refractivity contribution in [1.82, 2.24) is 4.98 Å². The standard InChI is InChI=1S/C9H9N3O2/c1-3-4-10-9-8(12(13)14)5-7(2)6-11-9/h1,5-6H,4H2,2H3,(H,10,11). The summed E-state index contributed by atoms with van der Waals surface area (Å²) < 4.78 is 0. The molecule has 0 aliphatic carbocycles. The molecule has 5 heteroatoms. The second-order valence-electron chi connectivity index (χ2n) is 2.70. The summed E-state index contributed by atoms with van der Waals surface area (Å²) in [6.45, 7) is 1.96. The number of hydrogen-bond acceptors (Lipinski definition) is 4. The van der Waals surface area contributed by atoms with Gasteiger partial charge in [-0.3, -0.25) is 10.1 Å². The molecule has 0 aliphatic heterocycles. The van der Waals surface area contributed by atoms with Gasteiger partial charge in [-0.25, -0.2) is 4.98 Å². The van der Waals surface area contributed by atoms with E-state index in [1.807, 2.05) is 0 Å². The minimum absolute atomic E-state index is 0.0553. The van der Waals surface area contributed by atoms with Crippen LogP contribution in [0, 0.1) is 29.4 Å². The van der Waals surface area contributed by atoms with Crippen LogP contribution in [0.3, 0.4) is 0 Å². The van der Waals surface area contributed by atoms with Gasteiger partial charge in [-0.1, -0.05) is 5.92 Å². The van der Waals surface area contributed by atoms with E-state index in [0.717, 1.165) is 5.56 Å². The summed E-state index contributed by atoms with van der Waals surface area (Å²) in [6.07, 6.45) is 6.57. The van der Waals surface area contributed by atoms with E-state index in [-0.39, 0.29) is 18.1 Å². The number of pyridine rings is 1. The SMILES string of the molecule is C#CCNc1ncc(C)cc1[N+](=O)[O-]. The van der Waals surface area contributed by atoms with Crippen LogP contribution < -0.4 is 5.32 Å². The zero-order valence-corrected chi connectivity index (χ0v) is 7.65. The van der Waals surface area contributed by atoms with Gasteiger partial charge in [-0.2, -0.15) is 0 Å². The highest BCUT2D eigenvalue weighted by Gasteiger charge is 2.14. The van der Waals surface area contributed by atoms with Crippen molar-refractivity contribution >= 4 is 11.5 Å². The maximum Gasteiger partial charge on any atom is 0.311 e. The lowest BCUT2D eigenvalue weighted by Gasteiger charge is -2.02. The molecule has 0 aliphatic rings. The maximum atomic E-state index is 10.6. The van der Waals surface area contributed by atoms with Crippen LogP contribution in [0.5, 0.6) is 0 Å². The summed E-state index contributed by atoms with van der Waals surface area (Å²) in [7, 11) is 0. The lowest BCUT2D eigenvalue weighted by Crippen LogP contribution is -2.04. The Morgan fingerprint density at radius 2 is 2.50 bits per heavy atom. The topological polar surface area (TPSA) is 68.1 Å². The number of aryl methyl sites for hydroxylation is 1. The van der Waals surface area contributed by atoms with Crippen LogP contribution in [-0.4, -0.2) is 16.5 Å². The average molecular weight is 191 g/mol. The molecule has 14 heavy (non-hydrogen) atoms. The molecule has 0 aromatic carbocycles. The Bertz CT molecular complexity index is 396. The molecule has 0 bridgehead atoms. The van der Waals surface area contributed by atoms with E-state index in [1.54, 1.807) is 13.1 Å². The minimum Gasteiger partial charge on any atom is -0.353 e. The number of nitrogens with one attached hydrogen (secondary N) is 1. The zero-order chi connectivity index (χ0) is 10.6. The van der Waals surface area contributed by atoms with E-state index < -0.39 is 4.92 Å². The highest BCUT2D eigenvalue weighted by atomic mass is 16.6.